The van der Waals surface area contributed by atoms with Crippen LogP contribution in [0, 0.1) is 11.3 Å². The Labute approximate surface area is 473 Å². The fraction of sp³-hybridized carbons (Fsp3) is 0.567. The average molecular weight is 1120 g/mol. The van der Waals surface area contributed by atoms with Gasteiger partial charge in [0.1, 0.15) is 24.2 Å². The maximum absolute atomic E-state index is 14.6. The summed E-state index contributed by atoms with van der Waals surface area (Å²) in [6.45, 7) is 9.61. The van der Waals surface area contributed by atoms with E-state index in [9.17, 15) is 38.4 Å². The molecule has 3 aromatic carbocycles. The van der Waals surface area contributed by atoms with Gasteiger partial charge in [-0.1, -0.05) is 100 Å². The van der Waals surface area contributed by atoms with Crippen molar-refractivity contribution in [3.8, 4) is 0 Å². The van der Waals surface area contributed by atoms with Gasteiger partial charge >= 0.3 is 0 Å². The van der Waals surface area contributed by atoms with E-state index in [0.717, 1.165) is 49.7 Å². The zero-order valence-electron chi connectivity index (χ0n) is 46.6. The number of hydrogen-bond acceptors (Lipinski definition) is 10. The topological polar surface area (TPSA) is 215 Å². The number of rotatable bonds is 22. The Morgan fingerprint density at radius 3 is 1.74 bits per heavy atom. The van der Waals surface area contributed by atoms with Gasteiger partial charge in [0.2, 0.25) is 35.4 Å². The van der Waals surface area contributed by atoms with Crippen molar-refractivity contribution in [2.45, 2.75) is 179 Å². The van der Waals surface area contributed by atoms with Gasteiger partial charge in [-0.05, 0) is 138 Å². The van der Waals surface area contributed by atoms with E-state index >= 15 is 0 Å². The second-order valence-corrected chi connectivity index (χ2v) is 22.7. The molecule has 0 unspecified atom stereocenters. The lowest BCUT2D eigenvalue weighted by atomic mass is 9.85. The first kappa shape index (κ1) is 63.2. The number of unbranched alkanes of at least 4 members (excludes halogenated alkanes) is 2. The molecule has 78 heavy (non-hydrogen) atoms. The lowest BCUT2D eigenvalue weighted by Crippen LogP contribution is -2.59. The summed E-state index contributed by atoms with van der Waals surface area (Å²) in [6.07, 6.45) is 9.11. The lowest BCUT2D eigenvalue weighted by Gasteiger charge is -2.36. The van der Waals surface area contributed by atoms with Gasteiger partial charge in [0.15, 0.2) is 11.6 Å². The first-order chi connectivity index (χ1) is 36.4. The van der Waals surface area contributed by atoms with Crippen molar-refractivity contribution < 1.29 is 38.4 Å². The Morgan fingerprint density at radius 2 is 1.17 bits per heavy atom. The molecule has 16 nitrogen and oxygen atoms in total. The van der Waals surface area contributed by atoms with Gasteiger partial charge in [-0.2, -0.15) is 0 Å². The van der Waals surface area contributed by atoms with Gasteiger partial charge in [-0.25, -0.2) is 0 Å². The van der Waals surface area contributed by atoms with Crippen LogP contribution < -0.4 is 31.9 Å². The van der Waals surface area contributed by atoms with Gasteiger partial charge in [0, 0.05) is 37.1 Å². The number of ketones is 2. The molecule has 6 N–H and O–H groups in total. The highest BCUT2D eigenvalue weighted by atomic mass is 35.5. The maximum Gasteiger partial charge on any atom is 0.246 e. The third-order valence-electron chi connectivity index (χ3n) is 16.2. The molecule has 2 aliphatic heterocycles. The van der Waals surface area contributed by atoms with Crippen molar-refractivity contribution in [3.63, 3.8) is 0 Å². The van der Waals surface area contributed by atoms with Crippen LogP contribution in [0.15, 0.2) is 72.8 Å². The molecule has 0 spiro atoms. The largest absolute Gasteiger partial charge is 0.347 e. The summed E-state index contributed by atoms with van der Waals surface area (Å²) in [5.41, 5.74) is 4.67. The fourth-order valence-corrected chi connectivity index (χ4v) is 11.5. The van der Waals surface area contributed by atoms with Crippen molar-refractivity contribution in [1.82, 2.24) is 41.7 Å². The second kappa shape index (κ2) is 29.0. The summed E-state index contributed by atoms with van der Waals surface area (Å²) in [5.74, 6) is -2.50. The second-order valence-electron chi connectivity index (χ2n) is 22.7. The molecule has 18 heteroatoms. The minimum absolute atomic E-state index is 0. The Kier molecular flexibility index (Phi) is 23.5. The molecule has 2 aliphatic carbocycles. The molecule has 0 bridgehead atoms. The number of nitrogens with zero attached hydrogens (tertiary/aromatic N) is 2. The smallest absolute Gasteiger partial charge is 0.246 e. The van der Waals surface area contributed by atoms with Crippen LogP contribution in [-0.2, 0) is 41.6 Å². The number of halogens is 2. The molecule has 9 atom stereocenters. The summed E-state index contributed by atoms with van der Waals surface area (Å²) >= 11 is 0. The molecule has 0 aromatic heterocycles. The monoisotopic (exact) mass is 1110 g/mol. The predicted octanol–water partition coefficient (Wildman–Crippen LogP) is 7.06. The SMILES string of the molecule is CN[C@@H](C)C(=O)N[C@@H](CCCCCC(=O)c1cccc(C(=O)C[C@H]2C[C@@H](C(=O)N[C@@H]3CCCc4ccccc43)N(C(=O)[C@@H](NC(=O)[C@H](C)NC)C(C)(C)C)C2)c1)C(=O)N1CCC[C@H]1C(=O)N[C@@H]1CCCc2ccccc21.Cl.Cl. The van der Waals surface area contributed by atoms with E-state index in [1.54, 1.807) is 62.0 Å². The molecule has 0 radical (unpaired) electrons. The van der Waals surface area contributed by atoms with Crippen LogP contribution in [0.1, 0.15) is 173 Å². The van der Waals surface area contributed by atoms with Gasteiger partial charge in [-0.3, -0.25) is 38.4 Å². The van der Waals surface area contributed by atoms with E-state index in [-0.39, 0.29) is 116 Å². The number of likely N-dealkylation sites (N-methyl/N-ethyl adjacent to an activating group) is 2. The van der Waals surface area contributed by atoms with Crippen molar-refractivity contribution in [1.29, 1.82) is 0 Å². The number of aryl methyl sites for hydroxylation is 2. The normalized spacial score (nSPS) is 21.2. The van der Waals surface area contributed by atoms with Crippen LogP contribution in [0.2, 0.25) is 0 Å². The van der Waals surface area contributed by atoms with Crippen molar-refractivity contribution >= 4 is 71.8 Å². The number of amides is 6. The van der Waals surface area contributed by atoms with Crippen molar-refractivity contribution in [2.24, 2.45) is 11.3 Å². The number of benzene rings is 3. The lowest BCUT2D eigenvalue weighted by molar-refractivity contribution is -0.144. The van der Waals surface area contributed by atoms with E-state index in [2.05, 4.69) is 50.1 Å². The van der Waals surface area contributed by atoms with Gasteiger partial charge < -0.3 is 41.7 Å². The minimum atomic E-state index is -0.941. The Balaban J connectivity index is 0.00000560. The summed E-state index contributed by atoms with van der Waals surface area (Å²) in [4.78, 5) is 114. The number of nitrogens with one attached hydrogen (secondary N) is 6. The molecular formula is C60H84Cl2N8O8. The zero-order valence-corrected chi connectivity index (χ0v) is 48.3. The van der Waals surface area contributed by atoms with E-state index in [4.69, 9.17) is 0 Å². The molecule has 6 amide bonds. The third-order valence-corrected chi connectivity index (χ3v) is 16.2. The number of hydrogen-bond donors (Lipinski definition) is 6. The fourth-order valence-electron chi connectivity index (χ4n) is 11.5. The minimum Gasteiger partial charge on any atom is -0.347 e. The molecular weight excluding hydrogens is 1030 g/mol. The van der Waals surface area contributed by atoms with Gasteiger partial charge in [-0.15, -0.1) is 24.8 Å². The maximum atomic E-state index is 14.6. The number of carbonyl (C=O) groups is 8. The molecule has 426 valence electrons. The van der Waals surface area contributed by atoms with E-state index in [1.807, 2.05) is 51.1 Å². The summed E-state index contributed by atoms with van der Waals surface area (Å²) in [7, 11) is 3.35. The van der Waals surface area contributed by atoms with Crippen LogP contribution >= 0.6 is 24.8 Å². The highest BCUT2D eigenvalue weighted by molar-refractivity contribution is 6.02. The Morgan fingerprint density at radius 1 is 0.615 bits per heavy atom. The number of carbonyl (C=O) groups excluding carboxylic acids is 8. The van der Waals surface area contributed by atoms with Crippen LogP contribution in [0.25, 0.3) is 0 Å². The van der Waals surface area contributed by atoms with Gasteiger partial charge in [0.25, 0.3) is 0 Å². The Hall–Kier alpha value is -5.68. The highest BCUT2D eigenvalue weighted by Crippen LogP contribution is 2.35. The zero-order chi connectivity index (χ0) is 54.7. The third kappa shape index (κ3) is 15.8. The molecule has 0 saturated carbocycles. The molecule has 3 aromatic rings. The predicted molar refractivity (Wildman–Crippen MR) is 307 cm³/mol. The average Bonchev–Trinajstić information content (AvgIpc) is 4.09. The van der Waals surface area contributed by atoms with Gasteiger partial charge in [0.05, 0.1) is 24.2 Å². The molecule has 4 aliphatic rings. The number of likely N-dealkylation sites (tertiary alicyclic amines) is 2. The first-order valence-electron chi connectivity index (χ1n) is 27.9. The summed E-state index contributed by atoms with van der Waals surface area (Å²) in [6, 6.07) is 18.2. The summed E-state index contributed by atoms with van der Waals surface area (Å²) in [5, 5.41) is 18.2. The summed E-state index contributed by atoms with van der Waals surface area (Å²) < 4.78 is 0. The van der Waals surface area contributed by atoms with Crippen molar-refractivity contribution in [3.05, 3.63) is 106 Å². The standard InChI is InChI=1S/C60H82N8O8.2ClH/c1-37(61-6)54(71)65-48(58(75)67-32-18-30-49(67)56(73)63-46-28-16-21-40-19-11-13-25-44(40)46)27-9-8-10-31-51(69)42-23-15-24-43(35-42)52(70)34-39-33-50(57(74)64-47-29-17-22-41-20-12-14-26-45(41)47)68(36-39)59(76)53(60(3,4)5)66-55(72)38(2)62-7;;/h11-15,19-20,23-26,35,37-39,46-50,53,61-62H,8-10,16-18,21-22,27-34,36H2,1-7H3,(H,63,73)(H,64,74)(H,65,71)(H,66,72);2*1H/t37-,38-,39+,46+,47+,48-,49-,50-,53+;;/m0../s1. The van der Waals surface area contributed by atoms with Crippen LogP contribution in [0.3, 0.4) is 0 Å². The van der Waals surface area contributed by atoms with E-state index in [1.165, 1.54) is 11.1 Å². The van der Waals surface area contributed by atoms with Crippen LogP contribution in [-0.4, -0.2) is 120 Å². The quantitative estimate of drug-likeness (QED) is 0.0445. The van der Waals surface area contributed by atoms with E-state index in [0.29, 0.717) is 56.2 Å². The molecule has 2 fully saturated rings. The molecule has 2 saturated heterocycles. The Bertz CT molecular complexity index is 2610. The van der Waals surface area contributed by atoms with E-state index < -0.39 is 41.7 Å². The van der Waals surface area contributed by atoms with Crippen molar-refractivity contribution in [2.75, 3.05) is 27.2 Å². The molecule has 7 rings (SSSR count). The highest BCUT2D eigenvalue weighted by Gasteiger charge is 2.46. The number of fused-ring (bicyclic) bond motifs is 2. The van der Waals surface area contributed by atoms with Crippen LogP contribution in [0.4, 0.5) is 0 Å². The van der Waals surface area contributed by atoms with Crippen LogP contribution in [0.5, 0.6) is 0 Å². The number of Topliss-reactive ketones (excluding diaryl/α,β-unsaturated/α-hetero) is 2. The molecule has 2 heterocycles. The first-order valence-corrected chi connectivity index (χ1v) is 27.9.